The molecule has 5 heteroatoms. The van der Waals surface area contributed by atoms with E-state index in [-0.39, 0.29) is 11.9 Å². The summed E-state index contributed by atoms with van der Waals surface area (Å²) >= 11 is 0. The Hall–Kier alpha value is -1.36. The molecule has 0 bridgehead atoms. The van der Waals surface area contributed by atoms with Crippen molar-refractivity contribution < 1.29 is 4.79 Å². The molecule has 1 atom stereocenters. The monoisotopic (exact) mass is 238 g/mol. The highest BCUT2D eigenvalue weighted by atomic mass is 16.1. The van der Waals surface area contributed by atoms with Gasteiger partial charge in [-0.1, -0.05) is 0 Å². The molecule has 17 heavy (non-hydrogen) atoms. The van der Waals surface area contributed by atoms with Gasteiger partial charge in [0.15, 0.2) is 0 Å². The maximum atomic E-state index is 10.6. The Morgan fingerprint density at radius 2 is 2.18 bits per heavy atom. The van der Waals surface area contributed by atoms with Gasteiger partial charge in [0.05, 0.1) is 5.69 Å². The first kappa shape index (κ1) is 13.7. The van der Waals surface area contributed by atoms with E-state index in [1.54, 1.807) is 0 Å². The van der Waals surface area contributed by atoms with Gasteiger partial charge in [0.25, 0.3) is 0 Å². The van der Waals surface area contributed by atoms with E-state index in [2.05, 4.69) is 24.3 Å². The Balaban J connectivity index is 2.52. The third-order valence-corrected chi connectivity index (χ3v) is 3.05. The summed E-state index contributed by atoms with van der Waals surface area (Å²) in [5, 5.41) is 7.78. The minimum absolute atomic E-state index is 0.242. The summed E-state index contributed by atoms with van der Waals surface area (Å²) in [6, 6.07) is 0.247. The number of hydrogen-bond donors (Lipinski definition) is 2. The van der Waals surface area contributed by atoms with Crippen LogP contribution in [0.2, 0.25) is 0 Å². The minimum Gasteiger partial charge on any atom is -0.370 e. The lowest BCUT2D eigenvalue weighted by atomic mass is 10.1. The second-order valence-corrected chi connectivity index (χ2v) is 4.45. The number of hydrogen-bond acceptors (Lipinski definition) is 3. The predicted molar refractivity (Wildman–Crippen MR) is 67.5 cm³/mol. The Bertz CT molecular complexity index is 397. The van der Waals surface area contributed by atoms with Crippen molar-refractivity contribution in [2.45, 2.75) is 39.7 Å². The predicted octanol–water partition coefficient (Wildman–Crippen LogP) is 0.953. The van der Waals surface area contributed by atoms with E-state index in [0.29, 0.717) is 6.42 Å². The van der Waals surface area contributed by atoms with Crippen LogP contribution >= 0.6 is 0 Å². The van der Waals surface area contributed by atoms with Crippen LogP contribution in [0.5, 0.6) is 0 Å². The fourth-order valence-electron chi connectivity index (χ4n) is 2.10. The van der Waals surface area contributed by atoms with Gasteiger partial charge in [-0.25, -0.2) is 0 Å². The van der Waals surface area contributed by atoms with Gasteiger partial charge < -0.3 is 11.1 Å². The first-order chi connectivity index (χ1) is 7.93. The van der Waals surface area contributed by atoms with Gasteiger partial charge in [0.1, 0.15) is 0 Å². The quantitative estimate of drug-likeness (QED) is 0.725. The molecule has 0 radical (unpaired) electrons. The molecule has 1 unspecified atom stereocenters. The summed E-state index contributed by atoms with van der Waals surface area (Å²) < 4.78 is 1.90. The Morgan fingerprint density at radius 3 is 2.65 bits per heavy atom. The van der Waals surface area contributed by atoms with Crippen LogP contribution in [0.3, 0.4) is 0 Å². The lowest BCUT2D eigenvalue weighted by Gasteiger charge is -2.14. The topological polar surface area (TPSA) is 72.9 Å². The van der Waals surface area contributed by atoms with Crippen LogP contribution in [0.4, 0.5) is 0 Å². The van der Waals surface area contributed by atoms with Crippen molar-refractivity contribution in [2.75, 3.05) is 6.54 Å². The summed E-state index contributed by atoms with van der Waals surface area (Å²) in [7, 11) is 1.95. The third-order valence-electron chi connectivity index (χ3n) is 3.05. The first-order valence-corrected chi connectivity index (χ1v) is 5.95. The van der Waals surface area contributed by atoms with Crippen molar-refractivity contribution in [3.63, 3.8) is 0 Å². The van der Waals surface area contributed by atoms with E-state index in [1.807, 2.05) is 18.7 Å². The van der Waals surface area contributed by atoms with Gasteiger partial charge in [-0.3, -0.25) is 9.48 Å². The average molecular weight is 238 g/mol. The molecular weight excluding hydrogens is 216 g/mol. The second kappa shape index (κ2) is 5.82. The van der Waals surface area contributed by atoms with Gasteiger partial charge in [0.2, 0.25) is 5.91 Å². The zero-order valence-corrected chi connectivity index (χ0v) is 11.1. The maximum absolute atomic E-state index is 10.6. The molecule has 0 aliphatic rings. The molecule has 0 saturated heterocycles. The Kier molecular flexibility index (Phi) is 4.69. The number of aromatic nitrogens is 2. The summed E-state index contributed by atoms with van der Waals surface area (Å²) in [5.41, 5.74) is 8.57. The highest BCUT2D eigenvalue weighted by molar-refractivity contribution is 5.73. The number of amides is 1. The van der Waals surface area contributed by atoms with Gasteiger partial charge in [-0.05, 0) is 33.7 Å². The Morgan fingerprint density at radius 1 is 1.53 bits per heavy atom. The van der Waals surface area contributed by atoms with Gasteiger partial charge in [-0.2, -0.15) is 5.10 Å². The van der Waals surface area contributed by atoms with Crippen molar-refractivity contribution in [3.05, 3.63) is 17.0 Å². The number of rotatable bonds is 6. The fraction of sp³-hybridized carbons (Fsp3) is 0.667. The normalized spacial score (nSPS) is 12.7. The van der Waals surface area contributed by atoms with E-state index in [0.717, 1.165) is 18.7 Å². The summed E-state index contributed by atoms with van der Waals surface area (Å²) in [4.78, 5) is 10.6. The van der Waals surface area contributed by atoms with Crippen LogP contribution in [0.25, 0.3) is 0 Å². The molecule has 0 aliphatic heterocycles. The summed E-state index contributed by atoms with van der Waals surface area (Å²) in [6.45, 7) is 6.99. The SMILES string of the molecule is Cc1nn(C)c(C)c1C(C)NCCCC(N)=O. The highest BCUT2D eigenvalue weighted by Crippen LogP contribution is 2.20. The van der Waals surface area contributed by atoms with Crippen molar-refractivity contribution in [2.24, 2.45) is 12.8 Å². The van der Waals surface area contributed by atoms with Gasteiger partial charge in [0, 0.05) is 30.8 Å². The molecule has 5 nitrogen and oxygen atoms in total. The van der Waals surface area contributed by atoms with Crippen LogP contribution in [-0.4, -0.2) is 22.2 Å². The molecule has 96 valence electrons. The van der Waals surface area contributed by atoms with Crippen molar-refractivity contribution in [3.8, 4) is 0 Å². The highest BCUT2D eigenvalue weighted by Gasteiger charge is 2.15. The molecule has 0 spiro atoms. The number of nitrogens with one attached hydrogen (secondary N) is 1. The molecule has 1 aromatic rings. The molecule has 1 rings (SSSR count). The van der Waals surface area contributed by atoms with Crippen LogP contribution in [-0.2, 0) is 11.8 Å². The maximum Gasteiger partial charge on any atom is 0.217 e. The number of carbonyl (C=O) groups is 1. The van der Waals surface area contributed by atoms with E-state index in [9.17, 15) is 4.79 Å². The van der Waals surface area contributed by atoms with Crippen LogP contribution < -0.4 is 11.1 Å². The van der Waals surface area contributed by atoms with Crippen LogP contribution in [0.1, 0.15) is 42.8 Å². The lowest BCUT2D eigenvalue weighted by Crippen LogP contribution is -2.22. The summed E-state index contributed by atoms with van der Waals surface area (Å²) in [6.07, 6.45) is 1.21. The zero-order valence-electron chi connectivity index (χ0n) is 11.1. The third kappa shape index (κ3) is 3.56. The van der Waals surface area contributed by atoms with Crippen LogP contribution in [0.15, 0.2) is 0 Å². The molecular formula is C12H22N4O. The van der Waals surface area contributed by atoms with E-state index < -0.39 is 0 Å². The minimum atomic E-state index is -0.242. The largest absolute Gasteiger partial charge is 0.370 e. The lowest BCUT2D eigenvalue weighted by molar-refractivity contribution is -0.118. The van der Waals surface area contributed by atoms with Crippen molar-refractivity contribution in [1.29, 1.82) is 0 Å². The number of primary amides is 1. The molecule has 0 aliphatic carbocycles. The van der Waals surface area contributed by atoms with E-state index >= 15 is 0 Å². The average Bonchev–Trinajstić information content (AvgIpc) is 2.48. The molecule has 0 fully saturated rings. The number of aryl methyl sites for hydroxylation is 2. The summed E-state index contributed by atoms with van der Waals surface area (Å²) in [5.74, 6) is -0.242. The second-order valence-electron chi connectivity index (χ2n) is 4.45. The molecule has 1 heterocycles. The molecule has 0 aromatic carbocycles. The number of nitrogens with zero attached hydrogens (tertiary/aromatic N) is 2. The fourth-order valence-corrected chi connectivity index (χ4v) is 2.10. The zero-order chi connectivity index (χ0) is 13.0. The standard InChI is InChI=1S/C12H22N4O/c1-8(14-7-5-6-11(13)17)12-9(2)15-16(4)10(12)3/h8,14H,5-7H2,1-4H3,(H2,13,17). The number of nitrogens with two attached hydrogens (primary N) is 1. The molecule has 1 aromatic heterocycles. The van der Waals surface area contributed by atoms with Gasteiger partial charge >= 0.3 is 0 Å². The Labute approximate surface area is 102 Å². The van der Waals surface area contributed by atoms with Crippen LogP contribution in [0, 0.1) is 13.8 Å². The molecule has 1 amide bonds. The van der Waals surface area contributed by atoms with Gasteiger partial charge in [-0.15, -0.1) is 0 Å². The molecule has 3 N–H and O–H groups in total. The molecule has 0 saturated carbocycles. The smallest absolute Gasteiger partial charge is 0.217 e. The van der Waals surface area contributed by atoms with E-state index in [1.165, 1.54) is 11.3 Å². The number of carbonyl (C=O) groups excluding carboxylic acids is 1. The van der Waals surface area contributed by atoms with Crippen molar-refractivity contribution >= 4 is 5.91 Å². The first-order valence-electron chi connectivity index (χ1n) is 5.95. The van der Waals surface area contributed by atoms with Crippen molar-refractivity contribution in [1.82, 2.24) is 15.1 Å². The van der Waals surface area contributed by atoms with E-state index in [4.69, 9.17) is 5.73 Å².